The van der Waals surface area contributed by atoms with Gasteiger partial charge in [-0.2, -0.15) is 22.8 Å². The first-order valence-electron chi connectivity index (χ1n) is 3.40. The molecule has 0 aliphatic heterocycles. The zero-order chi connectivity index (χ0) is 10.8. The molecule has 0 aromatic carbocycles. The first-order valence-corrected chi connectivity index (χ1v) is 3.40. The molecule has 0 bridgehead atoms. The van der Waals surface area contributed by atoms with Gasteiger partial charge in [0.2, 0.25) is 5.95 Å². The van der Waals surface area contributed by atoms with E-state index in [1.54, 1.807) is 0 Å². The average Bonchev–Trinajstić information content (AvgIpc) is 2.02. The van der Waals surface area contributed by atoms with E-state index >= 15 is 0 Å². The number of hydrogen-bond donors (Lipinski definition) is 0. The molecule has 1 heterocycles. The molecule has 0 N–H and O–H groups in total. The van der Waals surface area contributed by atoms with Crippen molar-refractivity contribution in [2.24, 2.45) is 0 Å². The van der Waals surface area contributed by atoms with E-state index in [2.05, 4.69) is 9.97 Å². The highest BCUT2D eigenvalue weighted by Crippen LogP contribution is 2.32. The Hall–Kier alpha value is -1.71. The summed E-state index contributed by atoms with van der Waals surface area (Å²) in [4.78, 5) is 5.98. The monoisotopic (exact) mass is 205 g/mol. The van der Waals surface area contributed by atoms with E-state index in [-0.39, 0.29) is 0 Å². The summed E-state index contributed by atoms with van der Waals surface area (Å²) in [6, 6.07) is 1.47. The third-order valence-corrected chi connectivity index (χ3v) is 1.41. The van der Waals surface area contributed by atoms with Crippen LogP contribution in [-0.4, -0.2) is 9.97 Å². The fraction of sp³-hybridized carbons (Fsp3) is 0.286. The second-order valence-electron chi connectivity index (χ2n) is 2.32. The standard InChI is InChI=1S/C7H3F4N3/c8-6-5(7(9,10)11)4(1-2-12)13-3-14-6/h3H,1H2. The lowest BCUT2D eigenvalue weighted by molar-refractivity contribution is -0.141. The first kappa shape index (κ1) is 10.4. The minimum absolute atomic E-state index is 0.603. The molecule has 74 valence electrons. The number of halogens is 4. The van der Waals surface area contributed by atoms with Crippen LogP contribution in [0.2, 0.25) is 0 Å². The molecular formula is C7H3F4N3. The maximum absolute atomic E-state index is 12.7. The third-order valence-electron chi connectivity index (χ3n) is 1.41. The molecule has 0 fully saturated rings. The van der Waals surface area contributed by atoms with Crippen molar-refractivity contribution in [2.45, 2.75) is 12.6 Å². The van der Waals surface area contributed by atoms with E-state index in [4.69, 9.17) is 5.26 Å². The van der Waals surface area contributed by atoms with Crippen LogP contribution in [-0.2, 0) is 12.6 Å². The van der Waals surface area contributed by atoms with Crippen molar-refractivity contribution in [3.05, 3.63) is 23.5 Å². The number of nitrogens with zero attached hydrogens (tertiary/aromatic N) is 3. The van der Waals surface area contributed by atoms with Crippen molar-refractivity contribution >= 4 is 0 Å². The zero-order valence-corrected chi connectivity index (χ0v) is 6.64. The Morgan fingerprint density at radius 3 is 2.50 bits per heavy atom. The average molecular weight is 205 g/mol. The molecule has 0 atom stereocenters. The van der Waals surface area contributed by atoms with E-state index in [9.17, 15) is 17.6 Å². The van der Waals surface area contributed by atoms with Crippen LogP contribution in [0.25, 0.3) is 0 Å². The smallest absolute Gasteiger partial charge is 0.239 e. The minimum Gasteiger partial charge on any atom is -0.239 e. The highest BCUT2D eigenvalue weighted by molar-refractivity contribution is 5.23. The predicted octanol–water partition coefficient (Wildman–Crippen LogP) is 1.70. The van der Waals surface area contributed by atoms with Crippen molar-refractivity contribution < 1.29 is 17.6 Å². The summed E-state index contributed by atoms with van der Waals surface area (Å²) in [7, 11) is 0. The number of alkyl halides is 3. The second kappa shape index (κ2) is 3.57. The van der Waals surface area contributed by atoms with E-state index in [1.807, 2.05) is 0 Å². The van der Waals surface area contributed by atoms with Crippen molar-refractivity contribution in [3.63, 3.8) is 0 Å². The summed E-state index contributed by atoms with van der Waals surface area (Å²) < 4.78 is 49.3. The Morgan fingerprint density at radius 2 is 2.00 bits per heavy atom. The van der Waals surface area contributed by atoms with Gasteiger partial charge in [0.15, 0.2) is 0 Å². The summed E-state index contributed by atoms with van der Waals surface area (Å²) in [5.41, 5.74) is -2.21. The highest BCUT2D eigenvalue weighted by atomic mass is 19.4. The molecule has 1 aromatic heterocycles. The zero-order valence-electron chi connectivity index (χ0n) is 6.64. The fourth-order valence-corrected chi connectivity index (χ4v) is 0.887. The Balaban J connectivity index is 3.31. The molecule has 1 aromatic rings. The van der Waals surface area contributed by atoms with Crippen LogP contribution in [0.5, 0.6) is 0 Å². The largest absolute Gasteiger partial charge is 0.422 e. The maximum Gasteiger partial charge on any atom is 0.422 e. The van der Waals surface area contributed by atoms with Gasteiger partial charge >= 0.3 is 6.18 Å². The molecule has 0 saturated heterocycles. The number of aromatic nitrogens is 2. The molecule has 0 unspecified atom stereocenters. The summed E-state index contributed by atoms with van der Waals surface area (Å²) in [6.45, 7) is 0. The first-order chi connectivity index (χ1) is 6.46. The van der Waals surface area contributed by atoms with Gasteiger partial charge in [-0.25, -0.2) is 9.97 Å². The van der Waals surface area contributed by atoms with Gasteiger partial charge < -0.3 is 0 Å². The van der Waals surface area contributed by atoms with Crippen molar-refractivity contribution in [2.75, 3.05) is 0 Å². The van der Waals surface area contributed by atoms with Gasteiger partial charge in [0.1, 0.15) is 11.9 Å². The normalized spacial score (nSPS) is 11.1. The van der Waals surface area contributed by atoms with Crippen LogP contribution in [0.15, 0.2) is 6.33 Å². The van der Waals surface area contributed by atoms with Crippen molar-refractivity contribution in [3.8, 4) is 6.07 Å². The molecule has 14 heavy (non-hydrogen) atoms. The van der Waals surface area contributed by atoms with E-state index < -0.39 is 29.8 Å². The quantitative estimate of drug-likeness (QED) is 0.517. The Labute approximate surface area is 76.0 Å². The summed E-state index contributed by atoms with van der Waals surface area (Å²) in [6.07, 6.45) is -4.83. The van der Waals surface area contributed by atoms with Crippen LogP contribution >= 0.6 is 0 Å². The van der Waals surface area contributed by atoms with Gasteiger partial charge in [-0.15, -0.1) is 0 Å². The van der Waals surface area contributed by atoms with Gasteiger partial charge in [0.05, 0.1) is 18.2 Å². The highest BCUT2D eigenvalue weighted by Gasteiger charge is 2.38. The van der Waals surface area contributed by atoms with Gasteiger partial charge in [0, 0.05) is 0 Å². The van der Waals surface area contributed by atoms with Crippen LogP contribution in [0, 0.1) is 17.3 Å². The van der Waals surface area contributed by atoms with E-state index in [1.165, 1.54) is 6.07 Å². The number of hydrogen-bond acceptors (Lipinski definition) is 3. The summed E-state index contributed by atoms with van der Waals surface area (Å²) in [5.74, 6) is -1.65. The lowest BCUT2D eigenvalue weighted by Gasteiger charge is -2.09. The number of rotatable bonds is 1. The molecule has 3 nitrogen and oxygen atoms in total. The molecule has 1 rings (SSSR count). The molecular weight excluding hydrogens is 202 g/mol. The summed E-state index contributed by atoms with van der Waals surface area (Å²) in [5, 5.41) is 8.20. The predicted molar refractivity (Wildman–Crippen MR) is 36.3 cm³/mol. The van der Waals surface area contributed by atoms with Crippen molar-refractivity contribution in [1.82, 2.24) is 9.97 Å². The molecule has 0 aliphatic rings. The van der Waals surface area contributed by atoms with Crippen molar-refractivity contribution in [1.29, 1.82) is 5.26 Å². The Kier molecular flexibility index (Phi) is 2.65. The molecule has 0 saturated carbocycles. The summed E-state index contributed by atoms with van der Waals surface area (Å²) >= 11 is 0. The van der Waals surface area contributed by atoms with E-state index in [0.717, 1.165) is 0 Å². The van der Waals surface area contributed by atoms with Crippen LogP contribution in [0.1, 0.15) is 11.3 Å². The fourth-order valence-electron chi connectivity index (χ4n) is 0.887. The number of nitriles is 1. The third kappa shape index (κ3) is 1.96. The van der Waals surface area contributed by atoms with E-state index in [0.29, 0.717) is 6.33 Å². The van der Waals surface area contributed by atoms with Gasteiger partial charge in [0.25, 0.3) is 0 Å². The lowest BCUT2D eigenvalue weighted by atomic mass is 10.2. The van der Waals surface area contributed by atoms with Crippen LogP contribution < -0.4 is 0 Å². The van der Waals surface area contributed by atoms with Crippen LogP contribution in [0.4, 0.5) is 17.6 Å². The maximum atomic E-state index is 12.7. The molecule has 0 amide bonds. The Bertz CT molecular complexity index is 380. The second-order valence-corrected chi connectivity index (χ2v) is 2.32. The topological polar surface area (TPSA) is 49.6 Å². The van der Waals surface area contributed by atoms with Gasteiger partial charge in [-0.3, -0.25) is 0 Å². The van der Waals surface area contributed by atoms with Gasteiger partial charge in [-0.05, 0) is 0 Å². The molecule has 0 aliphatic carbocycles. The minimum atomic E-state index is -4.88. The molecule has 0 radical (unpaired) electrons. The Morgan fingerprint density at radius 1 is 1.36 bits per heavy atom. The molecule has 7 heteroatoms. The SMILES string of the molecule is N#CCc1ncnc(F)c1C(F)(F)F. The van der Waals surface area contributed by atoms with Gasteiger partial charge in [-0.1, -0.05) is 0 Å². The molecule has 0 spiro atoms. The lowest BCUT2D eigenvalue weighted by Crippen LogP contribution is -2.14. The van der Waals surface area contributed by atoms with Crippen LogP contribution in [0.3, 0.4) is 0 Å².